The second-order valence-corrected chi connectivity index (χ2v) is 7.12. The number of ether oxygens (including phenoxy) is 2. The van der Waals surface area contributed by atoms with Gasteiger partial charge in [0.15, 0.2) is 23.6 Å². The van der Waals surface area contributed by atoms with Gasteiger partial charge in [-0.25, -0.2) is 8.78 Å². The van der Waals surface area contributed by atoms with Crippen molar-refractivity contribution in [2.24, 2.45) is 11.8 Å². The Morgan fingerprint density at radius 3 is 2.21 bits per heavy atom. The molecule has 2 rings (SSSR count). The number of hydrogen-bond donors (Lipinski definition) is 0. The van der Waals surface area contributed by atoms with E-state index in [0.29, 0.717) is 30.9 Å². The van der Waals surface area contributed by atoms with Crippen molar-refractivity contribution < 1.29 is 35.8 Å². The quantitative estimate of drug-likeness (QED) is 0.239. The van der Waals surface area contributed by atoms with Crippen molar-refractivity contribution in [2.45, 2.75) is 64.4 Å². The van der Waals surface area contributed by atoms with E-state index in [4.69, 9.17) is 0 Å². The summed E-state index contributed by atoms with van der Waals surface area (Å²) in [5.41, 5.74) is 0. The van der Waals surface area contributed by atoms with Crippen LogP contribution in [0.25, 0.3) is 0 Å². The molecule has 2 nitrogen and oxygen atoms in total. The first kappa shape index (κ1) is 22.4. The second-order valence-electron chi connectivity index (χ2n) is 7.12. The van der Waals surface area contributed by atoms with Gasteiger partial charge < -0.3 is 9.47 Å². The molecule has 0 atom stereocenters. The molecule has 0 aromatic heterocycles. The molecule has 8 heteroatoms. The number of hydrogen-bond acceptors (Lipinski definition) is 2. The minimum Gasteiger partial charge on any atom is -0.453 e. The minimum absolute atomic E-state index is 0.143. The maximum Gasteiger partial charge on any atom is 0.400 e. The molecule has 158 valence electrons. The molecule has 1 fully saturated rings. The smallest absolute Gasteiger partial charge is 0.400 e. The molecule has 1 saturated carbocycles. The van der Waals surface area contributed by atoms with Crippen molar-refractivity contribution in [3.63, 3.8) is 0 Å². The lowest BCUT2D eigenvalue weighted by atomic mass is 9.79. The van der Waals surface area contributed by atoms with Gasteiger partial charge in [0.2, 0.25) is 0 Å². The molecule has 1 aliphatic rings. The Morgan fingerprint density at radius 1 is 1.07 bits per heavy atom. The molecule has 28 heavy (non-hydrogen) atoms. The molecule has 1 aromatic rings. The zero-order valence-electron chi connectivity index (χ0n) is 15.6. The SMILES string of the molecule is CCCCCC1CCC(C(F)(F)Oc2cc(F)c(OC=C(F)F)c(F)c2)CC1. The first-order chi connectivity index (χ1) is 13.2. The van der Waals surface area contributed by atoms with Crippen molar-refractivity contribution in [2.75, 3.05) is 0 Å². The van der Waals surface area contributed by atoms with Gasteiger partial charge in [0.25, 0.3) is 0 Å². The van der Waals surface area contributed by atoms with Crippen molar-refractivity contribution in [3.8, 4) is 11.5 Å². The van der Waals surface area contributed by atoms with Crippen LogP contribution in [-0.4, -0.2) is 6.11 Å². The number of rotatable bonds is 9. The molecule has 0 radical (unpaired) electrons. The summed E-state index contributed by atoms with van der Waals surface area (Å²) in [5.74, 6) is -5.28. The number of unbranched alkanes of at least 4 members (excludes halogenated alkanes) is 2. The van der Waals surface area contributed by atoms with Gasteiger partial charge in [-0.05, 0) is 31.6 Å². The van der Waals surface area contributed by atoms with Crippen molar-refractivity contribution >= 4 is 0 Å². The number of alkyl halides is 2. The van der Waals surface area contributed by atoms with Crippen molar-refractivity contribution in [1.82, 2.24) is 0 Å². The van der Waals surface area contributed by atoms with Crippen LogP contribution < -0.4 is 9.47 Å². The topological polar surface area (TPSA) is 18.5 Å². The van der Waals surface area contributed by atoms with Gasteiger partial charge in [0, 0.05) is 12.1 Å². The summed E-state index contributed by atoms with van der Waals surface area (Å²) < 4.78 is 89.2. The second kappa shape index (κ2) is 10.1. The van der Waals surface area contributed by atoms with Gasteiger partial charge in [-0.1, -0.05) is 32.6 Å². The fraction of sp³-hybridized carbons (Fsp3) is 0.600. The Morgan fingerprint density at radius 2 is 1.68 bits per heavy atom. The summed E-state index contributed by atoms with van der Waals surface area (Å²) in [6, 6.07) is 0.985. The van der Waals surface area contributed by atoms with Crippen molar-refractivity contribution in [1.29, 1.82) is 0 Å². The molecular weight excluding hydrogens is 386 g/mol. The van der Waals surface area contributed by atoms with Crippen LogP contribution in [0.2, 0.25) is 0 Å². The average molecular weight is 410 g/mol. The molecule has 0 spiro atoms. The number of halogens is 6. The van der Waals surface area contributed by atoms with Gasteiger partial charge in [0.1, 0.15) is 5.75 Å². The molecule has 1 aromatic carbocycles. The van der Waals surface area contributed by atoms with Crippen LogP contribution in [0.3, 0.4) is 0 Å². The largest absolute Gasteiger partial charge is 0.453 e. The Balaban J connectivity index is 1.97. The molecule has 0 aliphatic heterocycles. The summed E-state index contributed by atoms with van der Waals surface area (Å²) in [7, 11) is 0. The highest BCUT2D eigenvalue weighted by molar-refractivity contribution is 5.35. The molecule has 0 saturated heterocycles. The monoisotopic (exact) mass is 410 g/mol. The predicted octanol–water partition coefficient (Wildman–Crippen LogP) is 7.44. The van der Waals surface area contributed by atoms with Crippen LogP contribution in [0, 0.1) is 23.5 Å². The third-order valence-corrected chi connectivity index (χ3v) is 5.03. The molecule has 1 aliphatic carbocycles. The van der Waals surface area contributed by atoms with Crippen molar-refractivity contribution in [3.05, 3.63) is 36.1 Å². The molecule has 0 amide bonds. The summed E-state index contributed by atoms with van der Waals surface area (Å²) in [5, 5.41) is 0. The Bertz CT molecular complexity index is 642. The zero-order chi connectivity index (χ0) is 20.7. The molecule has 0 heterocycles. The maximum atomic E-state index is 14.4. The van der Waals surface area contributed by atoms with Crippen LogP contribution in [-0.2, 0) is 0 Å². The third kappa shape index (κ3) is 6.34. The van der Waals surface area contributed by atoms with Crippen LogP contribution in [0.5, 0.6) is 11.5 Å². The van der Waals surface area contributed by atoms with Gasteiger partial charge in [0.05, 0.1) is 5.92 Å². The summed E-state index contributed by atoms with van der Waals surface area (Å²) in [4.78, 5) is 0. The summed E-state index contributed by atoms with van der Waals surface area (Å²) in [6.07, 6.45) is 0.223. The van der Waals surface area contributed by atoms with E-state index in [1.807, 2.05) is 0 Å². The summed E-state index contributed by atoms with van der Waals surface area (Å²) >= 11 is 0. The average Bonchev–Trinajstić information content (AvgIpc) is 2.61. The highest BCUT2D eigenvalue weighted by Crippen LogP contribution is 2.42. The van der Waals surface area contributed by atoms with Crippen LogP contribution in [0.1, 0.15) is 58.3 Å². The van der Waals surface area contributed by atoms with E-state index in [9.17, 15) is 26.3 Å². The van der Waals surface area contributed by atoms with Gasteiger partial charge >= 0.3 is 12.2 Å². The van der Waals surface area contributed by atoms with E-state index in [0.717, 1.165) is 25.7 Å². The summed E-state index contributed by atoms with van der Waals surface area (Å²) in [6.45, 7) is 2.11. The standard InChI is InChI=1S/C20H24F6O2/c1-2-3-4-5-13-6-8-14(9-7-13)20(25,26)28-15-10-16(21)19(17(22)11-15)27-12-18(23)24/h10-14H,2-9H2,1H3. The van der Waals surface area contributed by atoms with E-state index >= 15 is 0 Å². The number of benzene rings is 1. The van der Waals surface area contributed by atoms with E-state index < -0.39 is 41.2 Å². The highest BCUT2D eigenvalue weighted by atomic mass is 19.3. The fourth-order valence-electron chi connectivity index (χ4n) is 3.52. The fourth-order valence-corrected chi connectivity index (χ4v) is 3.52. The van der Waals surface area contributed by atoms with Crippen LogP contribution in [0.15, 0.2) is 24.5 Å². The Labute approximate surface area is 160 Å². The maximum absolute atomic E-state index is 14.4. The minimum atomic E-state index is -3.58. The predicted molar refractivity (Wildman–Crippen MR) is 92.5 cm³/mol. The van der Waals surface area contributed by atoms with Crippen LogP contribution >= 0.6 is 0 Å². The lowest BCUT2D eigenvalue weighted by molar-refractivity contribution is -0.223. The zero-order valence-corrected chi connectivity index (χ0v) is 15.6. The first-order valence-corrected chi connectivity index (χ1v) is 9.46. The Kier molecular flexibility index (Phi) is 8.07. The van der Waals surface area contributed by atoms with E-state index in [-0.39, 0.29) is 19.1 Å². The van der Waals surface area contributed by atoms with Crippen LogP contribution in [0.4, 0.5) is 26.3 Å². The normalized spacial score (nSPS) is 20.0. The lowest BCUT2D eigenvalue weighted by Crippen LogP contribution is -2.37. The lowest BCUT2D eigenvalue weighted by Gasteiger charge is -2.33. The molecule has 0 unspecified atom stereocenters. The van der Waals surface area contributed by atoms with E-state index in [1.54, 1.807) is 0 Å². The molecule has 0 N–H and O–H groups in total. The first-order valence-electron chi connectivity index (χ1n) is 9.46. The van der Waals surface area contributed by atoms with Gasteiger partial charge in [-0.15, -0.1) is 0 Å². The molecular formula is C20H24F6O2. The molecule has 0 bridgehead atoms. The van der Waals surface area contributed by atoms with E-state index in [2.05, 4.69) is 16.4 Å². The van der Waals surface area contributed by atoms with Gasteiger partial charge in [-0.2, -0.15) is 17.6 Å². The Hall–Kier alpha value is -1.86. The third-order valence-electron chi connectivity index (χ3n) is 5.03. The van der Waals surface area contributed by atoms with E-state index in [1.165, 1.54) is 0 Å². The van der Waals surface area contributed by atoms with Gasteiger partial charge in [-0.3, -0.25) is 0 Å². The highest BCUT2D eigenvalue weighted by Gasteiger charge is 2.44.